The van der Waals surface area contributed by atoms with Crippen LogP contribution < -0.4 is 14.8 Å². The average Bonchev–Trinajstić information content (AvgIpc) is 3.10. The molecule has 0 saturated carbocycles. The van der Waals surface area contributed by atoms with Gasteiger partial charge in [-0.2, -0.15) is 5.26 Å². The van der Waals surface area contributed by atoms with Gasteiger partial charge in [0.25, 0.3) is 0 Å². The summed E-state index contributed by atoms with van der Waals surface area (Å²) in [6.45, 7) is 3.85. The molecular formula is C23H29N3O3S. The van der Waals surface area contributed by atoms with Crippen LogP contribution in [0.5, 0.6) is 11.5 Å². The Hall–Kier alpha value is -2.56. The van der Waals surface area contributed by atoms with E-state index < -0.39 is 0 Å². The molecule has 2 aromatic rings. The Kier molecular flexibility index (Phi) is 7.72. The summed E-state index contributed by atoms with van der Waals surface area (Å²) in [4.78, 5) is 15.8. The Bertz CT molecular complexity index is 933. The van der Waals surface area contributed by atoms with E-state index >= 15 is 0 Å². The van der Waals surface area contributed by atoms with Crippen molar-refractivity contribution in [3.63, 3.8) is 0 Å². The summed E-state index contributed by atoms with van der Waals surface area (Å²) in [6.07, 6.45) is 4.61. The van der Waals surface area contributed by atoms with Gasteiger partial charge in [-0.1, -0.05) is 6.07 Å². The Morgan fingerprint density at radius 1 is 1.30 bits per heavy atom. The number of thiophene rings is 1. The maximum absolute atomic E-state index is 12.5. The van der Waals surface area contributed by atoms with Crippen molar-refractivity contribution in [3.05, 3.63) is 39.8 Å². The maximum atomic E-state index is 12.5. The zero-order valence-corrected chi connectivity index (χ0v) is 18.7. The molecular weight excluding hydrogens is 398 g/mol. The van der Waals surface area contributed by atoms with Gasteiger partial charge in [0, 0.05) is 24.4 Å². The number of nitriles is 1. The number of benzene rings is 1. The van der Waals surface area contributed by atoms with Crippen molar-refractivity contribution in [3.8, 4) is 17.6 Å². The number of hydrogen-bond donors (Lipinski definition) is 1. The number of rotatable bonds is 9. The van der Waals surface area contributed by atoms with Crippen molar-refractivity contribution in [2.45, 2.75) is 45.6 Å². The molecule has 6 nitrogen and oxygen atoms in total. The topological polar surface area (TPSA) is 74.6 Å². The van der Waals surface area contributed by atoms with Gasteiger partial charge in [-0.3, -0.25) is 4.79 Å². The number of nitrogens with zero attached hydrogens (tertiary/aromatic N) is 2. The number of aryl methyl sites for hydroxylation is 1. The van der Waals surface area contributed by atoms with Crippen molar-refractivity contribution in [1.82, 2.24) is 4.90 Å². The van der Waals surface area contributed by atoms with Crippen molar-refractivity contribution in [2.24, 2.45) is 0 Å². The monoisotopic (exact) mass is 427 g/mol. The van der Waals surface area contributed by atoms with Crippen LogP contribution in [0.3, 0.4) is 0 Å². The van der Waals surface area contributed by atoms with E-state index in [9.17, 15) is 10.1 Å². The SMILES string of the molecule is CCOc1ccc(CN(C)CCC(=O)Nc2sc3c(c2C#N)CCCC3)cc1OC. The number of fused-ring (bicyclic) bond motifs is 1. The van der Waals surface area contributed by atoms with Crippen LogP contribution in [0.1, 0.15) is 47.8 Å². The third-order valence-electron chi connectivity index (χ3n) is 5.24. The van der Waals surface area contributed by atoms with Crippen LogP contribution in [0.25, 0.3) is 0 Å². The minimum atomic E-state index is -0.0544. The van der Waals surface area contributed by atoms with E-state index in [4.69, 9.17) is 9.47 Å². The molecule has 0 aliphatic heterocycles. The first-order valence-electron chi connectivity index (χ1n) is 10.4. The van der Waals surface area contributed by atoms with Crippen LogP contribution >= 0.6 is 11.3 Å². The predicted molar refractivity (Wildman–Crippen MR) is 119 cm³/mol. The zero-order valence-electron chi connectivity index (χ0n) is 17.9. The summed E-state index contributed by atoms with van der Waals surface area (Å²) in [5.74, 6) is 1.39. The maximum Gasteiger partial charge on any atom is 0.226 e. The van der Waals surface area contributed by atoms with Crippen LogP contribution in [0, 0.1) is 11.3 Å². The lowest BCUT2D eigenvalue weighted by molar-refractivity contribution is -0.116. The van der Waals surface area contributed by atoms with Gasteiger partial charge in [0.15, 0.2) is 11.5 Å². The molecule has 1 N–H and O–H groups in total. The normalized spacial score (nSPS) is 12.9. The van der Waals surface area contributed by atoms with Crippen molar-refractivity contribution < 1.29 is 14.3 Å². The summed E-state index contributed by atoms with van der Waals surface area (Å²) < 4.78 is 11.0. The first-order valence-corrected chi connectivity index (χ1v) is 11.2. The van der Waals surface area contributed by atoms with E-state index in [0.717, 1.165) is 42.6 Å². The molecule has 0 atom stereocenters. The third kappa shape index (κ3) is 5.32. The number of nitrogens with one attached hydrogen (secondary N) is 1. The van der Waals surface area contributed by atoms with E-state index in [0.29, 0.717) is 42.4 Å². The minimum absolute atomic E-state index is 0.0544. The molecule has 30 heavy (non-hydrogen) atoms. The second kappa shape index (κ2) is 10.5. The molecule has 0 spiro atoms. The van der Waals surface area contributed by atoms with E-state index in [1.807, 2.05) is 32.2 Å². The standard InChI is InChI=1S/C23H29N3O3S/c1-4-29-19-10-9-16(13-20(19)28-3)15-26(2)12-11-22(27)25-23-18(14-24)17-7-5-6-8-21(17)30-23/h9-10,13H,4-8,11-12,15H2,1-3H3,(H,25,27). The quantitative estimate of drug-likeness (QED) is 0.643. The van der Waals surface area contributed by atoms with E-state index in [1.165, 1.54) is 4.88 Å². The third-order valence-corrected chi connectivity index (χ3v) is 6.44. The number of anilines is 1. The highest BCUT2D eigenvalue weighted by molar-refractivity contribution is 7.16. The molecule has 1 aromatic carbocycles. The highest BCUT2D eigenvalue weighted by atomic mass is 32.1. The van der Waals surface area contributed by atoms with Crippen LogP contribution in [0.4, 0.5) is 5.00 Å². The number of carbonyl (C=O) groups is 1. The number of carbonyl (C=O) groups excluding carboxylic acids is 1. The fourth-order valence-corrected chi connectivity index (χ4v) is 4.99. The summed E-state index contributed by atoms with van der Waals surface area (Å²) >= 11 is 1.57. The molecule has 0 radical (unpaired) electrons. The molecule has 1 aromatic heterocycles. The van der Waals surface area contributed by atoms with Crippen LogP contribution in [0.15, 0.2) is 18.2 Å². The van der Waals surface area contributed by atoms with Crippen molar-refractivity contribution >= 4 is 22.2 Å². The van der Waals surface area contributed by atoms with E-state index in [1.54, 1.807) is 18.4 Å². The second-order valence-corrected chi connectivity index (χ2v) is 8.59. The Balaban J connectivity index is 1.54. The average molecular weight is 428 g/mol. The smallest absolute Gasteiger partial charge is 0.226 e. The van der Waals surface area contributed by atoms with E-state index in [2.05, 4.69) is 16.3 Å². The molecule has 1 heterocycles. The number of methoxy groups -OCH3 is 1. The fraction of sp³-hybridized carbons (Fsp3) is 0.478. The van der Waals surface area contributed by atoms with Gasteiger partial charge in [-0.15, -0.1) is 11.3 Å². The number of hydrogen-bond acceptors (Lipinski definition) is 6. The lowest BCUT2D eigenvalue weighted by Gasteiger charge is -2.18. The summed E-state index contributed by atoms with van der Waals surface area (Å²) in [6, 6.07) is 8.19. The highest BCUT2D eigenvalue weighted by Gasteiger charge is 2.21. The Morgan fingerprint density at radius 3 is 2.83 bits per heavy atom. The van der Waals surface area contributed by atoms with Gasteiger partial charge in [-0.05, 0) is 62.9 Å². The van der Waals surface area contributed by atoms with Crippen LogP contribution in [-0.4, -0.2) is 38.1 Å². The highest BCUT2D eigenvalue weighted by Crippen LogP contribution is 2.37. The van der Waals surface area contributed by atoms with Gasteiger partial charge in [-0.25, -0.2) is 0 Å². The minimum Gasteiger partial charge on any atom is -0.493 e. The first kappa shape index (κ1) is 22.1. The molecule has 7 heteroatoms. The lowest BCUT2D eigenvalue weighted by atomic mass is 9.96. The zero-order chi connectivity index (χ0) is 21.5. The molecule has 1 amide bonds. The molecule has 1 aliphatic rings. The van der Waals surface area contributed by atoms with Gasteiger partial charge in [0.1, 0.15) is 11.1 Å². The summed E-state index contributed by atoms with van der Waals surface area (Å²) in [5.41, 5.74) is 2.90. The van der Waals surface area contributed by atoms with E-state index in [-0.39, 0.29) is 5.91 Å². The fourth-order valence-electron chi connectivity index (χ4n) is 3.73. The number of amides is 1. The Labute approximate surface area is 182 Å². The summed E-state index contributed by atoms with van der Waals surface area (Å²) in [7, 11) is 3.62. The van der Waals surface area contributed by atoms with Gasteiger partial charge in [0.2, 0.25) is 5.91 Å². The lowest BCUT2D eigenvalue weighted by Crippen LogP contribution is -2.24. The molecule has 0 saturated heterocycles. The van der Waals surface area contributed by atoms with Gasteiger partial charge in [0.05, 0.1) is 19.3 Å². The van der Waals surface area contributed by atoms with Crippen molar-refractivity contribution in [2.75, 3.05) is 32.6 Å². The number of ether oxygens (including phenoxy) is 2. The van der Waals surface area contributed by atoms with Gasteiger partial charge >= 0.3 is 0 Å². The summed E-state index contributed by atoms with van der Waals surface area (Å²) in [5, 5.41) is 13.2. The predicted octanol–water partition coefficient (Wildman–Crippen LogP) is 4.37. The molecule has 3 rings (SSSR count). The second-order valence-electron chi connectivity index (χ2n) is 7.48. The first-order chi connectivity index (χ1) is 14.5. The largest absolute Gasteiger partial charge is 0.493 e. The molecule has 160 valence electrons. The molecule has 0 unspecified atom stereocenters. The Morgan fingerprint density at radius 2 is 2.10 bits per heavy atom. The van der Waals surface area contributed by atoms with Crippen molar-refractivity contribution in [1.29, 1.82) is 5.26 Å². The van der Waals surface area contributed by atoms with Gasteiger partial charge < -0.3 is 19.7 Å². The van der Waals surface area contributed by atoms with Crippen LogP contribution in [-0.2, 0) is 24.2 Å². The molecule has 0 bridgehead atoms. The molecule has 0 fully saturated rings. The molecule has 1 aliphatic carbocycles. The van der Waals surface area contributed by atoms with Crippen LogP contribution in [0.2, 0.25) is 0 Å².